The van der Waals surface area contributed by atoms with Crippen LogP contribution < -0.4 is 4.74 Å². The Morgan fingerprint density at radius 2 is 1.94 bits per heavy atom. The van der Waals surface area contributed by atoms with Crippen LogP contribution in [0.1, 0.15) is 42.9 Å². The third kappa shape index (κ3) is 3.49. The fourth-order valence-electron chi connectivity index (χ4n) is 2.10. The van der Waals surface area contributed by atoms with Crippen molar-refractivity contribution in [1.82, 2.24) is 0 Å². The number of carbonyl (C=O) groups excluding carboxylic acids is 1. The maximum atomic E-state index is 11.3. The first kappa shape index (κ1) is 14.6. The van der Waals surface area contributed by atoms with E-state index in [1.165, 1.54) is 12.7 Å². The van der Waals surface area contributed by atoms with Gasteiger partial charge in [-0.15, -0.1) is 0 Å². The van der Waals surface area contributed by atoms with Gasteiger partial charge in [-0.1, -0.05) is 13.0 Å². The number of hydrogen-bond donors (Lipinski definition) is 0. The van der Waals surface area contributed by atoms with Crippen molar-refractivity contribution in [2.45, 2.75) is 40.0 Å². The number of aryl methyl sites for hydroxylation is 2. The summed E-state index contributed by atoms with van der Waals surface area (Å²) < 4.78 is 10.3. The minimum Gasteiger partial charge on any atom is -0.494 e. The van der Waals surface area contributed by atoms with Crippen molar-refractivity contribution in [1.29, 1.82) is 0 Å². The third-order valence-corrected chi connectivity index (χ3v) is 3.09. The van der Waals surface area contributed by atoms with Gasteiger partial charge < -0.3 is 9.47 Å². The van der Waals surface area contributed by atoms with Crippen molar-refractivity contribution in [3.8, 4) is 5.75 Å². The average Bonchev–Trinajstić information content (AvgIpc) is 2.33. The molecule has 18 heavy (non-hydrogen) atoms. The summed E-state index contributed by atoms with van der Waals surface area (Å²) >= 11 is 0. The van der Waals surface area contributed by atoms with Crippen molar-refractivity contribution in [2.75, 3.05) is 13.7 Å². The van der Waals surface area contributed by atoms with Crippen LogP contribution in [0.25, 0.3) is 0 Å². The van der Waals surface area contributed by atoms with Gasteiger partial charge >= 0.3 is 5.97 Å². The zero-order valence-corrected chi connectivity index (χ0v) is 11.9. The van der Waals surface area contributed by atoms with Crippen LogP contribution in [0.3, 0.4) is 0 Å². The molecule has 0 heterocycles. The second-order valence-corrected chi connectivity index (χ2v) is 4.59. The maximum absolute atomic E-state index is 11.3. The van der Waals surface area contributed by atoms with Crippen LogP contribution in [-0.2, 0) is 9.53 Å². The lowest BCUT2D eigenvalue weighted by molar-refractivity contribution is -0.140. The Morgan fingerprint density at radius 3 is 2.50 bits per heavy atom. The first-order chi connectivity index (χ1) is 8.49. The Kier molecular flexibility index (Phi) is 5.20. The number of hydrogen-bond acceptors (Lipinski definition) is 3. The summed E-state index contributed by atoms with van der Waals surface area (Å²) in [5.41, 5.74) is 3.44. The topological polar surface area (TPSA) is 35.5 Å². The smallest absolute Gasteiger partial charge is 0.306 e. The second-order valence-electron chi connectivity index (χ2n) is 4.59. The van der Waals surface area contributed by atoms with Crippen LogP contribution in [0, 0.1) is 13.8 Å². The summed E-state index contributed by atoms with van der Waals surface area (Å²) in [5, 5.41) is 0. The van der Waals surface area contributed by atoms with Gasteiger partial charge in [0.15, 0.2) is 0 Å². The third-order valence-electron chi connectivity index (χ3n) is 3.09. The number of carbonyl (C=O) groups is 1. The molecule has 0 aromatic heterocycles. The molecule has 0 spiro atoms. The molecule has 3 nitrogen and oxygen atoms in total. The molecule has 3 heteroatoms. The van der Waals surface area contributed by atoms with Crippen LogP contribution in [0.15, 0.2) is 12.1 Å². The van der Waals surface area contributed by atoms with Crippen LogP contribution in [0.2, 0.25) is 0 Å². The lowest BCUT2D eigenvalue weighted by Gasteiger charge is -2.17. The first-order valence-electron chi connectivity index (χ1n) is 6.30. The quantitative estimate of drug-likeness (QED) is 0.752. The molecule has 1 atom stereocenters. The van der Waals surface area contributed by atoms with Crippen molar-refractivity contribution in [3.05, 3.63) is 28.8 Å². The Balaban J connectivity index is 2.96. The number of benzene rings is 1. The molecule has 1 aromatic rings. The molecule has 0 radical (unpaired) electrons. The van der Waals surface area contributed by atoms with Gasteiger partial charge in [0.1, 0.15) is 5.75 Å². The summed E-state index contributed by atoms with van der Waals surface area (Å²) in [7, 11) is 1.42. The Bertz CT molecular complexity index is 424. The monoisotopic (exact) mass is 250 g/mol. The molecule has 1 unspecified atom stereocenters. The van der Waals surface area contributed by atoms with Gasteiger partial charge in [0, 0.05) is 0 Å². The minimum atomic E-state index is -0.173. The predicted octanol–water partition coefficient (Wildman–Crippen LogP) is 3.37. The summed E-state index contributed by atoms with van der Waals surface area (Å²) in [6, 6.07) is 4.15. The SMILES string of the molecule is CCOc1cc(C)c(C(C)CC(=O)OC)cc1C. The van der Waals surface area contributed by atoms with Gasteiger partial charge in [0.05, 0.1) is 20.1 Å². The maximum Gasteiger partial charge on any atom is 0.306 e. The zero-order chi connectivity index (χ0) is 13.7. The summed E-state index contributed by atoms with van der Waals surface area (Å²) in [5.74, 6) is 0.907. The lowest BCUT2D eigenvalue weighted by atomic mass is 9.92. The fraction of sp³-hybridized carbons (Fsp3) is 0.533. The highest BCUT2D eigenvalue weighted by molar-refractivity contribution is 5.70. The summed E-state index contributed by atoms with van der Waals surface area (Å²) in [6.45, 7) is 8.75. The van der Waals surface area contributed by atoms with E-state index < -0.39 is 0 Å². The Morgan fingerprint density at radius 1 is 1.28 bits per heavy atom. The van der Waals surface area contributed by atoms with Gasteiger partial charge in [-0.25, -0.2) is 0 Å². The first-order valence-corrected chi connectivity index (χ1v) is 6.30. The fourth-order valence-corrected chi connectivity index (χ4v) is 2.10. The molecule has 100 valence electrons. The van der Waals surface area contributed by atoms with Crippen molar-refractivity contribution in [3.63, 3.8) is 0 Å². The molecule has 0 N–H and O–H groups in total. The average molecular weight is 250 g/mol. The standard InChI is InChI=1S/C15H22O3/c1-6-18-14-8-10(2)13(7-12(14)4)11(3)9-15(16)17-5/h7-8,11H,6,9H2,1-5H3. The van der Waals surface area contributed by atoms with Gasteiger partial charge in [-0.2, -0.15) is 0 Å². The van der Waals surface area contributed by atoms with E-state index in [4.69, 9.17) is 9.47 Å². The minimum absolute atomic E-state index is 0.159. The van der Waals surface area contributed by atoms with Crippen LogP contribution in [-0.4, -0.2) is 19.7 Å². The normalized spacial score (nSPS) is 12.1. The molecule has 0 saturated carbocycles. The van der Waals surface area contributed by atoms with Gasteiger partial charge in [-0.3, -0.25) is 4.79 Å². The Hall–Kier alpha value is -1.51. The largest absolute Gasteiger partial charge is 0.494 e. The predicted molar refractivity (Wildman–Crippen MR) is 72.1 cm³/mol. The van der Waals surface area contributed by atoms with E-state index in [0.29, 0.717) is 13.0 Å². The van der Waals surface area contributed by atoms with Crippen molar-refractivity contribution >= 4 is 5.97 Å². The van der Waals surface area contributed by atoms with Crippen LogP contribution >= 0.6 is 0 Å². The number of methoxy groups -OCH3 is 1. The second kappa shape index (κ2) is 6.43. The number of esters is 1. The highest BCUT2D eigenvalue weighted by Gasteiger charge is 2.15. The van der Waals surface area contributed by atoms with Gasteiger partial charge in [0.25, 0.3) is 0 Å². The molecular formula is C15H22O3. The lowest BCUT2D eigenvalue weighted by Crippen LogP contribution is -2.08. The van der Waals surface area contributed by atoms with E-state index in [2.05, 4.69) is 6.07 Å². The highest BCUT2D eigenvalue weighted by Crippen LogP contribution is 2.29. The van der Waals surface area contributed by atoms with E-state index in [-0.39, 0.29) is 11.9 Å². The molecule has 0 fully saturated rings. The van der Waals surface area contributed by atoms with Crippen molar-refractivity contribution in [2.24, 2.45) is 0 Å². The zero-order valence-electron chi connectivity index (χ0n) is 11.9. The van der Waals surface area contributed by atoms with Crippen molar-refractivity contribution < 1.29 is 14.3 Å². The molecule has 1 aromatic carbocycles. The molecule has 0 amide bonds. The van der Waals surface area contributed by atoms with E-state index >= 15 is 0 Å². The molecule has 0 bridgehead atoms. The molecule has 1 rings (SSSR count). The van der Waals surface area contributed by atoms with Crippen LogP contribution in [0.5, 0.6) is 5.75 Å². The van der Waals surface area contributed by atoms with Crippen LogP contribution in [0.4, 0.5) is 0 Å². The van der Waals surface area contributed by atoms with Gasteiger partial charge in [-0.05, 0) is 49.4 Å². The molecule has 0 aliphatic carbocycles. The Labute approximate surface area is 109 Å². The molecular weight excluding hydrogens is 228 g/mol. The van der Waals surface area contributed by atoms with E-state index in [1.807, 2.05) is 33.8 Å². The number of rotatable bonds is 5. The molecule has 0 saturated heterocycles. The summed E-state index contributed by atoms with van der Waals surface area (Å²) in [6.07, 6.45) is 0.408. The highest BCUT2D eigenvalue weighted by atomic mass is 16.5. The molecule has 0 aliphatic rings. The summed E-state index contributed by atoms with van der Waals surface area (Å²) in [4.78, 5) is 11.3. The van der Waals surface area contributed by atoms with Gasteiger partial charge in [0.2, 0.25) is 0 Å². The molecule has 0 aliphatic heterocycles. The number of ether oxygens (including phenoxy) is 2. The van der Waals surface area contributed by atoms with E-state index in [0.717, 1.165) is 16.9 Å². The van der Waals surface area contributed by atoms with E-state index in [1.54, 1.807) is 0 Å². The van der Waals surface area contributed by atoms with E-state index in [9.17, 15) is 4.79 Å².